The predicted molar refractivity (Wildman–Crippen MR) is 69.1 cm³/mol. The van der Waals surface area contributed by atoms with E-state index in [9.17, 15) is 9.18 Å². The molecule has 0 aromatic heterocycles. The Bertz CT molecular complexity index is 593. The molecule has 0 aliphatic rings. The molecule has 1 N–H and O–H groups in total. The van der Waals surface area contributed by atoms with E-state index in [1.807, 2.05) is 0 Å². The van der Waals surface area contributed by atoms with Crippen LogP contribution in [0, 0.1) is 5.82 Å². The van der Waals surface area contributed by atoms with Crippen molar-refractivity contribution in [2.45, 2.75) is 6.61 Å². The molecule has 0 radical (unpaired) electrons. The number of para-hydroxylation sites is 1. The van der Waals surface area contributed by atoms with Gasteiger partial charge in [-0.25, -0.2) is 9.18 Å². The number of carboxylic acid groups (broad SMARTS) is 1. The minimum Gasteiger partial charge on any atom is -0.484 e. The second-order valence-electron chi connectivity index (χ2n) is 3.84. The molecule has 0 unspecified atom stereocenters. The van der Waals surface area contributed by atoms with Crippen LogP contribution in [0.3, 0.4) is 0 Å². The monoisotopic (exact) mass is 280 g/mol. The lowest BCUT2D eigenvalue weighted by atomic mass is 10.1. The Labute approximate surface area is 114 Å². The van der Waals surface area contributed by atoms with Gasteiger partial charge in [-0.05, 0) is 29.8 Å². The van der Waals surface area contributed by atoms with E-state index in [1.165, 1.54) is 30.3 Å². The van der Waals surface area contributed by atoms with E-state index in [1.54, 1.807) is 12.1 Å². The summed E-state index contributed by atoms with van der Waals surface area (Å²) in [4.78, 5) is 10.8. The van der Waals surface area contributed by atoms with Crippen LogP contribution >= 0.6 is 11.6 Å². The molecular formula is C14H10ClFO3. The fourth-order valence-corrected chi connectivity index (χ4v) is 1.79. The van der Waals surface area contributed by atoms with Gasteiger partial charge in [0.15, 0.2) is 11.6 Å². The lowest BCUT2D eigenvalue weighted by Gasteiger charge is -2.09. The van der Waals surface area contributed by atoms with Crippen molar-refractivity contribution >= 4 is 17.6 Å². The fraction of sp³-hybridized carbons (Fsp3) is 0.0714. The Hall–Kier alpha value is -2.07. The van der Waals surface area contributed by atoms with Gasteiger partial charge in [0.2, 0.25) is 0 Å². The summed E-state index contributed by atoms with van der Waals surface area (Å²) < 4.78 is 18.7. The molecule has 0 bridgehead atoms. The van der Waals surface area contributed by atoms with Crippen molar-refractivity contribution in [3.63, 3.8) is 0 Å². The third kappa shape index (κ3) is 3.23. The van der Waals surface area contributed by atoms with E-state index in [2.05, 4.69) is 0 Å². The highest BCUT2D eigenvalue weighted by Gasteiger charge is 2.09. The molecule has 0 saturated carbocycles. The first kappa shape index (κ1) is 13.4. The van der Waals surface area contributed by atoms with Crippen molar-refractivity contribution in [3.8, 4) is 5.75 Å². The van der Waals surface area contributed by atoms with Crippen LogP contribution in [-0.2, 0) is 6.61 Å². The molecule has 2 aromatic carbocycles. The molecule has 0 spiro atoms. The first-order valence-corrected chi connectivity index (χ1v) is 5.85. The number of ether oxygens (including phenoxy) is 1. The number of hydrogen-bond donors (Lipinski definition) is 1. The molecule has 0 fully saturated rings. The minimum atomic E-state index is -1.02. The molecular weight excluding hydrogens is 271 g/mol. The number of aromatic carboxylic acids is 1. The van der Waals surface area contributed by atoms with Crippen LogP contribution in [-0.4, -0.2) is 11.1 Å². The van der Waals surface area contributed by atoms with Crippen molar-refractivity contribution < 1.29 is 19.0 Å². The third-order valence-electron chi connectivity index (χ3n) is 2.48. The van der Waals surface area contributed by atoms with Crippen molar-refractivity contribution in [1.82, 2.24) is 0 Å². The summed E-state index contributed by atoms with van der Waals surface area (Å²) in [5.41, 5.74) is 0.778. The molecule has 19 heavy (non-hydrogen) atoms. The molecule has 3 nitrogen and oxygen atoms in total. The average Bonchev–Trinajstić information content (AvgIpc) is 2.38. The van der Waals surface area contributed by atoms with Crippen molar-refractivity contribution in [2.24, 2.45) is 0 Å². The predicted octanol–water partition coefficient (Wildman–Crippen LogP) is 3.76. The topological polar surface area (TPSA) is 46.5 Å². The molecule has 0 heterocycles. The van der Waals surface area contributed by atoms with Crippen LogP contribution in [0.2, 0.25) is 5.02 Å². The van der Waals surface area contributed by atoms with Crippen LogP contribution in [0.4, 0.5) is 4.39 Å². The summed E-state index contributed by atoms with van der Waals surface area (Å²) in [6, 6.07) is 10.5. The largest absolute Gasteiger partial charge is 0.484 e. The number of halogens is 2. The van der Waals surface area contributed by atoms with Gasteiger partial charge in [-0.3, -0.25) is 0 Å². The molecule has 98 valence electrons. The highest BCUT2D eigenvalue weighted by Crippen LogP contribution is 2.28. The molecule has 0 saturated heterocycles. The molecule has 2 aromatic rings. The Kier molecular flexibility index (Phi) is 4.02. The average molecular weight is 281 g/mol. The lowest BCUT2D eigenvalue weighted by Crippen LogP contribution is -2.01. The van der Waals surface area contributed by atoms with Gasteiger partial charge in [0.25, 0.3) is 0 Å². The maximum atomic E-state index is 13.5. The summed E-state index contributed by atoms with van der Waals surface area (Å²) >= 11 is 5.82. The molecule has 0 atom stereocenters. The molecule has 0 aliphatic heterocycles. The van der Waals surface area contributed by atoms with Crippen LogP contribution in [0.15, 0.2) is 42.5 Å². The van der Waals surface area contributed by atoms with Gasteiger partial charge >= 0.3 is 5.97 Å². The number of carbonyl (C=O) groups is 1. The summed E-state index contributed by atoms with van der Waals surface area (Å²) in [6.45, 7) is 0.0434. The molecule has 0 amide bonds. The number of benzene rings is 2. The maximum Gasteiger partial charge on any atom is 0.335 e. The maximum absolute atomic E-state index is 13.5. The van der Waals surface area contributed by atoms with E-state index < -0.39 is 11.8 Å². The summed E-state index contributed by atoms with van der Waals surface area (Å²) in [5.74, 6) is -1.61. The van der Waals surface area contributed by atoms with Gasteiger partial charge in [-0.15, -0.1) is 0 Å². The first-order valence-electron chi connectivity index (χ1n) is 5.47. The number of rotatable bonds is 4. The highest BCUT2D eigenvalue weighted by molar-refractivity contribution is 6.32. The standard InChI is InChI=1S/C14H10ClFO3/c15-11-5-2-6-12(16)13(11)19-8-9-3-1-4-10(7-9)14(17)18/h1-7H,8H2,(H,17,18). The second-order valence-corrected chi connectivity index (χ2v) is 4.25. The van der Waals surface area contributed by atoms with E-state index in [4.69, 9.17) is 21.4 Å². The van der Waals surface area contributed by atoms with Gasteiger partial charge in [0.1, 0.15) is 6.61 Å². The van der Waals surface area contributed by atoms with Crippen molar-refractivity contribution in [2.75, 3.05) is 0 Å². The Morgan fingerprint density at radius 1 is 1.26 bits per heavy atom. The van der Waals surface area contributed by atoms with Gasteiger partial charge < -0.3 is 9.84 Å². The Morgan fingerprint density at radius 3 is 2.68 bits per heavy atom. The molecule has 5 heteroatoms. The SMILES string of the molecule is O=C(O)c1cccc(COc2c(F)cccc2Cl)c1. The lowest BCUT2D eigenvalue weighted by molar-refractivity contribution is 0.0696. The fourth-order valence-electron chi connectivity index (χ4n) is 1.57. The highest BCUT2D eigenvalue weighted by atomic mass is 35.5. The third-order valence-corrected chi connectivity index (χ3v) is 2.77. The van der Waals surface area contributed by atoms with Crippen LogP contribution in [0.25, 0.3) is 0 Å². The van der Waals surface area contributed by atoms with Gasteiger partial charge in [-0.2, -0.15) is 0 Å². The van der Waals surface area contributed by atoms with Gasteiger partial charge in [0, 0.05) is 0 Å². The summed E-state index contributed by atoms with van der Waals surface area (Å²) in [6.07, 6.45) is 0. The molecule has 0 aliphatic carbocycles. The summed E-state index contributed by atoms with van der Waals surface area (Å²) in [5, 5.41) is 9.04. The normalized spacial score (nSPS) is 10.2. The van der Waals surface area contributed by atoms with E-state index >= 15 is 0 Å². The minimum absolute atomic E-state index is 0.0371. The smallest absolute Gasteiger partial charge is 0.335 e. The molecule has 2 rings (SSSR count). The second kappa shape index (κ2) is 5.71. The van der Waals surface area contributed by atoms with Crippen LogP contribution < -0.4 is 4.74 Å². The van der Waals surface area contributed by atoms with E-state index in [-0.39, 0.29) is 22.9 Å². The zero-order chi connectivity index (χ0) is 13.8. The first-order chi connectivity index (χ1) is 9.08. The zero-order valence-corrected chi connectivity index (χ0v) is 10.5. The number of carboxylic acids is 1. The Morgan fingerprint density at radius 2 is 2.00 bits per heavy atom. The quantitative estimate of drug-likeness (QED) is 0.927. The zero-order valence-electron chi connectivity index (χ0n) is 9.77. The van der Waals surface area contributed by atoms with Crippen LogP contribution in [0.5, 0.6) is 5.75 Å². The van der Waals surface area contributed by atoms with Crippen LogP contribution in [0.1, 0.15) is 15.9 Å². The van der Waals surface area contributed by atoms with E-state index in [0.29, 0.717) is 5.56 Å². The summed E-state index contributed by atoms with van der Waals surface area (Å²) in [7, 11) is 0. The van der Waals surface area contributed by atoms with E-state index in [0.717, 1.165) is 0 Å². The van der Waals surface area contributed by atoms with Gasteiger partial charge in [0.05, 0.1) is 10.6 Å². The van der Waals surface area contributed by atoms with Crippen molar-refractivity contribution in [3.05, 3.63) is 64.4 Å². The number of hydrogen-bond acceptors (Lipinski definition) is 2. The van der Waals surface area contributed by atoms with Gasteiger partial charge in [-0.1, -0.05) is 29.8 Å². The Balaban J connectivity index is 2.15. The van der Waals surface area contributed by atoms with Crippen molar-refractivity contribution in [1.29, 1.82) is 0 Å².